The third kappa shape index (κ3) is 2.00. The van der Waals surface area contributed by atoms with Crippen molar-refractivity contribution in [2.75, 3.05) is 20.8 Å². The molecule has 1 atom stereocenters. The largest absolute Gasteiger partial charge is 0.493 e. The topological polar surface area (TPSA) is 56.8 Å². The van der Waals surface area contributed by atoms with Crippen molar-refractivity contribution >= 4 is 6.09 Å². The van der Waals surface area contributed by atoms with Crippen LogP contribution in [0.15, 0.2) is 18.2 Å². The van der Waals surface area contributed by atoms with Gasteiger partial charge in [-0.3, -0.25) is 0 Å². The Labute approximate surface area is 99.7 Å². The van der Waals surface area contributed by atoms with Crippen molar-refractivity contribution in [2.45, 2.75) is 12.5 Å². The van der Waals surface area contributed by atoms with Gasteiger partial charge in [-0.2, -0.15) is 0 Å². The summed E-state index contributed by atoms with van der Waals surface area (Å²) in [4.78, 5) is 11.1. The molecule has 1 unspecified atom stereocenters. The number of alkyl carbamates (subject to hydrolysis) is 1. The van der Waals surface area contributed by atoms with Crippen molar-refractivity contribution in [3.63, 3.8) is 0 Å². The second-order valence-electron chi connectivity index (χ2n) is 4.10. The Bertz CT molecular complexity index is 446. The van der Waals surface area contributed by atoms with Gasteiger partial charge in [0.25, 0.3) is 0 Å². The van der Waals surface area contributed by atoms with E-state index in [0.29, 0.717) is 18.1 Å². The van der Waals surface area contributed by atoms with E-state index < -0.39 is 11.6 Å². The Hall–Kier alpha value is -1.91. The molecule has 0 spiro atoms. The van der Waals surface area contributed by atoms with E-state index in [4.69, 9.17) is 14.2 Å². The molecule has 1 aromatic carbocycles. The van der Waals surface area contributed by atoms with Gasteiger partial charge in [0.15, 0.2) is 11.5 Å². The summed E-state index contributed by atoms with van der Waals surface area (Å²) in [7, 11) is 3.16. The average Bonchev–Trinajstić information content (AvgIpc) is 2.69. The fourth-order valence-corrected chi connectivity index (χ4v) is 1.84. The molecular formula is C12H15NO4. The molecule has 2 rings (SSSR count). The number of hydrogen-bond donors (Lipinski definition) is 1. The van der Waals surface area contributed by atoms with E-state index in [9.17, 15) is 4.79 Å². The number of cyclic esters (lactones) is 1. The quantitative estimate of drug-likeness (QED) is 0.868. The van der Waals surface area contributed by atoms with Crippen LogP contribution in [0.1, 0.15) is 12.5 Å². The van der Waals surface area contributed by atoms with E-state index >= 15 is 0 Å². The summed E-state index contributed by atoms with van der Waals surface area (Å²) >= 11 is 0. The summed E-state index contributed by atoms with van der Waals surface area (Å²) in [5.74, 6) is 1.29. The second-order valence-corrected chi connectivity index (χ2v) is 4.10. The highest BCUT2D eigenvalue weighted by Crippen LogP contribution is 2.33. The first-order chi connectivity index (χ1) is 8.09. The minimum Gasteiger partial charge on any atom is -0.493 e. The Balaban J connectivity index is 2.36. The molecule has 1 aliphatic heterocycles. The van der Waals surface area contributed by atoms with Crippen molar-refractivity contribution < 1.29 is 19.0 Å². The van der Waals surface area contributed by atoms with Gasteiger partial charge in [0.1, 0.15) is 6.61 Å². The molecular weight excluding hydrogens is 222 g/mol. The lowest BCUT2D eigenvalue weighted by Crippen LogP contribution is -2.37. The number of carbonyl (C=O) groups excluding carboxylic acids is 1. The fraction of sp³-hybridized carbons (Fsp3) is 0.417. The van der Waals surface area contributed by atoms with Crippen molar-refractivity contribution in [1.82, 2.24) is 5.32 Å². The van der Waals surface area contributed by atoms with Gasteiger partial charge in [0.05, 0.1) is 19.8 Å². The Morgan fingerprint density at radius 2 is 2.00 bits per heavy atom. The monoisotopic (exact) mass is 237 g/mol. The predicted octanol–water partition coefficient (Wildman–Crippen LogP) is 1.66. The summed E-state index contributed by atoms with van der Waals surface area (Å²) in [5, 5.41) is 2.78. The predicted molar refractivity (Wildman–Crippen MR) is 61.4 cm³/mol. The molecule has 0 saturated carbocycles. The average molecular weight is 237 g/mol. The maximum Gasteiger partial charge on any atom is 0.408 e. The van der Waals surface area contributed by atoms with Gasteiger partial charge in [-0.25, -0.2) is 4.79 Å². The van der Waals surface area contributed by atoms with Crippen LogP contribution >= 0.6 is 0 Å². The minimum atomic E-state index is -0.517. The molecule has 1 aliphatic rings. The Morgan fingerprint density at radius 1 is 1.29 bits per heavy atom. The lowest BCUT2D eigenvalue weighted by atomic mass is 9.93. The van der Waals surface area contributed by atoms with Crippen LogP contribution in [0.2, 0.25) is 0 Å². The van der Waals surface area contributed by atoms with Crippen LogP contribution in [-0.4, -0.2) is 26.9 Å². The number of ether oxygens (including phenoxy) is 3. The number of nitrogens with one attached hydrogen (secondary N) is 1. The van der Waals surface area contributed by atoms with Crippen molar-refractivity contribution in [3.8, 4) is 11.5 Å². The first-order valence-corrected chi connectivity index (χ1v) is 5.26. The van der Waals surface area contributed by atoms with Gasteiger partial charge < -0.3 is 19.5 Å². The molecule has 92 valence electrons. The number of methoxy groups -OCH3 is 2. The minimum absolute atomic E-state index is 0.307. The second kappa shape index (κ2) is 4.16. The molecule has 5 heteroatoms. The van der Waals surface area contributed by atoms with E-state index in [1.165, 1.54) is 0 Å². The molecule has 1 fully saturated rings. The highest BCUT2D eigenvalue weighted by atomic mass is 16.6. The summed E-state index contributed by atoms with van der Waals surface area (Å²) in [6, 6.07) is 5.54. The van der Waals surface area contributed by atoms with Crippen LogP contribution in [0.3, 0.4) is 0 Å². The van der Waals surface area contributed by atoms with Gasteiger partial charge in [-0.05, 0) is 24.6 Å². The summed E-state index contributed by atoms with van der Waals surface area (Å²) in [6.45, 7) is 2.21. The number of hydrogen-bond acceptors (Lipinski definition) is 4. The molecule has 1 N–H and O–H groups in total. The first kappa shape index (κ1) is 11.6. The van der Waals surface area contributed by atoms with Gasteiger partial charge in [0.2, 0.25) is 0 Å². The molecule has 1 saturated heterocycles. The zero-order valence-electron chi connectivity index (χ0n) is 10.1. The number of rotatable bonds is 3. The van der Waals surface area contributed by atoms with Crippen LogP contribution in [0.25, 0.3) is 0 Å². The van der Waals surface area contributed by atoms with Crippen LogP contribution in [-0.2, 0) is 10.3 Å². The van der Waals surface area contributed by atoms with E-state index in [1.54, 1.807) is 14.2 Å². The van der Waals surface area contributed by atoms with Gasteiger partial charge in [0, 0.05) is 0 Å². The first-order valence-electron chi connectivity index (χ1n) is 5.26. The van der Waals surface area contributed by atoms with Crippen LogP contribution in [0.4, 0.5) is 4.79 Å². The van der Waals surface area contributed by atoms with Crippen LogP contribution in [0, 0.1) is 0 Å². The summed E-state index contributed by atoms with van der Waals surface area (Å²) < 4.78 is 15.3. The van der Waals surface area contributed by atoms with Gasteiger partial charge in [-0.1, -0.05) is 6.07 Å². The van der Waals surface area contributed by atoms with Crippen molar-refractivity contribution in [2.24, 2.45) is 0 Å². The smallest absolute Gasteiger partial charge is 0.408 e. The van der Waals surface area contributed by atoms with E-state index in [2.05, 4.69) is 5.32 Å². The Morgan fingerprint density at radius 3 is 2.53 bits per heavy atom. The lowest BCUT2D eigenvalue weighted by molar-refractivity contribution is 0.173. The normalized spacial score (nSPS) is 22.9. The highest BCUT2D eigenvalue weighted by Gasteiger charge is 2.37. The van der Waals surface area contributed by atoms with Crippen LogP contribution in [0.5, 0.6) is 11.5 Å². The molecule has 0 radical (unpaired) electrons. The fourth-order valence-electron chi connectivity index (χ4n) is 1.84. The number of amides is 1. The van der Waals surface area contributed by atoms with Crippen molar-refractivity contribution in [3.05, 3.63) is 23.8 Å². The van der Waals surface area contributed by atoms with E-state index in [0.717, 1.165) is 5.56 Å². The summed E-state index contributed by atoms with van der Waals surface area (Å²) in [6.07, 6.45) is -0.401. The molecule has 1 heterocycles. The maximum absolute atomic E-state index is 11.1. The third-order valence-corrected chi connectivity index (χ3v) is 2.89. The lowest BCUT2D eigenvalue weighted by Gasteiger charge is -2.22. The maximum atomic E-state index is 11.1. The van der Waals surface area contributed by atoms with Crippen molar-refractivity contribution in [1.29, 1.82) is 0 Å². The summed E-state index contributed by atoms with van der Waals surface area (Å²) in [5.41, 5.74) is 0.400. The number of benzene rings is 1. The zero-order chi connectivity index (χ0) is 12.5. The standard InChI is InChI=1S/C12H15NO4/c1-12(7-17-11(14)13-12)8-4-5-9(15-2)10(6-8)16-3/h4-6H,7H2,1-3H3,(H,13,14). The van der Waals surface area contributed by atoms with E-state index in [1.807, 2.05) is 25.1 Å². The SMILES string of the molecule is COc1ccc(C2(C)COC(=O)N2)cc1OC. The van der Waals surface area contributed by atoms with Gasteiger partial charge in [-0.15, -0.1) is 0 Å². The Kier molecular flexibility index (Phi) is 2.83. The highest BCUT2D eigenvalue weighted by molar-refractivity contribution is 5.71. The van der Waals surface area contributed by atoms with E-state index in [-0.39, 0.29) is 0 Å². The third-order valence-electron chi connectivity index (χ3n) is 2.89. The molecule has 1 aromatic rings. The zero-order valence-corrected chi connectivity index (χ0v) is 10.1. The molecule has 0 aliphatic carbocycles. The molecule has 0 bridgehead atoms. The van der Waals surface area contributed by atoms with Gasteiger partial charge >= 0.3 is 6.09 Å². The molecule has 0 aromatic heterocycles. The molecule has 1 amide bonds. The molecule has 17 heavy (non-hydrogen) atoms. The molecule has 5 nitrogen and oxygen atoms in total. The van der Waals surface area contributed by atoms with Crippen LogP contribution < -0.4 is 14.8 Å². The number of carbonyl (C=O) groups is 1.